The van der Waals surface area contributed by atoms with Crippen LogP contribution in [0.3, 0.4) is 0 Å². The predicted molar refractivity (Wildman–Crippen MR) is 167 cm³/mol. The van der Waals surface area contributed by atoms with Gasteiger partial charge in [-0.05, 0) is 82.2 Å². The number of ether oxygens (including phenoxy) is 1. The van der Waals surface area contributed by atoms with E-state index >= 15 is 0 Å². The highest BCUT2D eigenvalue weighted by atomic mass is 16.6. The molecule has 0 saturated heterocycles. The number of para-hydroxylation sites is 1. The van der Waals surface area contributed by atoms with Crippen molar-refractivity contribution >= 4 is 23.6 Å². The number of hydrogen-bond acceptors (Lipinski definition) is 4. The van der Waals surface area contributed by atoms with Crippen molar-refractivity contribution in [1.82, 2.24) is 10.2 Å². The molecule has 2 aromatic carbocycles. The van der Waals surface area contributed by atoms with Crippen LogP contribution in [0.15, 0.2) is 42.5 Å². The van der Waals surface area contributed by atoms with Crippen molar-refractivity contribution in [2.24, 2.45) is 5.92 Å². The van der Waals surface area contributed by atoms with E-state index in [0.717, 1.165) is 54.4 Å². The highest BCUT2D eigenvalue weighted by molar-refractivity contribution is 5.99. The summed E-state index contributed by atoms with van der Waals surface area (Å²) in [7, 11) is 0. The standard InChI is InChI=1S/C34H51N3O4/c1-10-11-12-13-16-22-37(32(39)29(23(2)3)36-33(40)41-34(7,8)9)30(28-25(5)19-17-20-26(28)6)31(38)35-27-21-15-14-18-24(27)4/h14-15,17-21,23,29-30H,10-13,16,22H2,1-9H3,(H,35,38)(H,36,40). The van der Waals surface area contributed by atoms with Crippen molar-refractivity contribution in [3.05, 3.63) is 64.7 Å². The fourth-order valence-electron chi connectivity index (χ4n) is 4.98. The summed E-state index contributed by atoms with van der Waals surface area (Å²) < 4.78 is 5.50. The lowest BCUT2D eigenvalue weighted by Crippen LogP contribution is -2.54. The van der Waals surface area contributed by atoms with E-state index in [1.54, 1.807) is 25.7 Å². The molecule has 2 unspecified atom stereocenters. The Morgan fingerprint density at radius 1 is 0.854 bits per heavy atom. The molecule has 0 bridgehead atoms. The molecule has 0 heterocycles. The first-order valence-corrected chi connectivity index (χ1v) is 15.0. The maximum Gasteiger partial charge on any atom is 0.408 e. The maximum atomic E-state index is 14.4. The smallest absolute Gasteiger partial charge is 0.408 e. The van der Waals surface area contributed by atoms with Gasteiger partial charge in [-0.3, -0.25) is 9.59 Å². The van der Waals surface area contributed by atoms with Crippen LogP contribution in [0.25, 0.3) is 0 Å². The second-order valence-electron chi connectivity index (χ2n) is 12.3. The molecule has 0 radical (unpaired) electrons. The van der Waals surface area contributed by atoms with Crippen molar-refractivity contribution in [2.75, 3.05) is 11.9 Å². The maximum absolute atomic E-state index is 14.4. The number of alkyl carbamates (subject to hydrolysis) is 1. The Hall–Kier alpha value is -3.35. The summed E-state index contributed by atoms with van der Waals surface area (Å²) in [6, 6.07) is 11.8. The normalized spacial score (nSPS) is 12.9. The van der Waals surface area contributed by atoms with Gasteiger partial charge < -0.3 is 20.3 Å². The fraction of sp³-hybridized carbons (Fsp3) is 0.559. The molecule has 0 aromatic heterocycles. The van der Waals surface area contributed by atoms with Crippen LogP contribution in [0.1, 0.15) is 102 Å². The molecule has 3 amide bonds. The highest BCUT2D eigenvalue weighted by Crippen LogP contribution is 2.31. The molecule has 2 aromatic rings. The summed E-state index contributed by atoms with van der Waals surface area (Å²) in [6.07, 6.45) is 4.34. The van der Waals surface area contributed by atoms with Crippen LogP contribution in [0, 0.1) is 26.7 Å². The van der Waals surface area contributed by atoms with Gasteiger partial charge in [-0.15, -0.1) is 0 Å². The monoisotopic (exact) mass is 565 g/mol. The Morgan fingerprint density at radius 3 is 2.00 bits per heavy atom. The van der Waals surface area contributed by atoms with Crippen LogP contribution in [0.4, 0.5) is 10.5 Å². The van der Waals surface area contributed by atoms with Crippen molar-refractivity contribution < 1.29 is 19.1 Å². The molecule has 2 atom stereocenters. The molecule has 226 valence electrons. The number of carbonyl (C=O) groups is 3. The summed E-state index contributed by atoms with van der Waals surface area (Å²) >= 11 is 0. The number of amides is 3. The highest BCUT2D eigenvalue weighted by Gasteiger charge is 2.38. The van der Waals surface area contributed by atoms with Crippen molar-refractivity contribution in [2.45, 2.75) is 112 Å². The second-order valence-corrected chi connectivity index (χ2v) is 12.3. The van der Waals surface area contributed by atoms with Crippen LogP contribution in [-0.4, -0.2) is 41.0 Å². The Bertz CT molecular complexity index is 1150. The zero-order chi connectivity index (χ0) is 30.7. The number of carbonyl (C=O) groups excluding carboxylic acids is 3. The Balaban J connectivity index is 2.59. The lowest BCUT2D eigenvalue weighted by atomic mass is 9.92. The molecule has 0 aliphatic heterocycles. The summed E-state index contributed by atoms with van der Waals surface area (Å²) in [5.41, 5.74) is 3.60. The molecule has 0 aliphatic rings. The minimum Gasteiger partial charge on any atom is -0.444 e. The lowest BCUT2D eigenvalue weighted by Gasteiger charge is -2.37. The summed E-state index contributed by atoms with van der Waals surface area (Å²) in [5, 5.41) is 5.92. The first-order chi connectivity index (χ1) is 19.3. The first kappa shape index (κ1) is 33.9. The lowest BCUT2D eigenvalue weighted by molar-refractivity contribution is -0.141. The Kier molecular flexibility index (Phi) is 12.9. The zero-order valence-corrected chi connectivity index (χ0v) is 26.6. The van der Waals surface area contributed by atoms with Gasteiger partial charge in [-0.25, -0.2) is 4.79 Å². The molecule has 2 rings (SSSR count). The minimum absolute atomic E-state index is 0.226. The topological polar surface area (TPSA) is 87.7 Å². The Labute approximate surface area is 247 Å². The van der Waals surface area contributed by atoms with E-state index in [1.807, 2.05) is 77.1 Å². The van der Waals surface area contributed by atoms with Crippen molar-refractivity contribution in [1.29, 1.82) is 0 Å². The summed E-state index contributed by atoms with van der Waals surface area (Å²) in [5.74, 6) is -0.803. The average molecular weight is 566 g/mol. The number of unbranched alkanes of at least 4 members (excludes halogenated alkanes) is 4. The van der Waals surface area contributed by atoms with E-state index < -0.39 is 23.8 Å². The van der Waals surface area contributed by atoms with E-state index in [0.29, 0.717) is 12.2 Å². The van der Waals surface area contributed by atoms with E-state index in [-0.39, 0.29) is 17.7 Å². The second kappa shape index (κ2) is 15.6. The molecule has 7 heteroatoms. The summed E-state index contributed by atoms with van der Waals surface area (Å²) in [6.45, 7) is 17.6. The van der Waals surface area contributed by atoms with Crippen LogP contribution in [0.5, 0.6) is 0 Å². The third-order valence-electron chi connectivity index (χ3n) is 7.17. The van der Waals surface area contributed by atoms with Gasteiger partial charge in [0, 0.05) is 12.2 Å². The number of aryl methyl sites for hydroxylation is 3. The molecule has 2 N–H and O–H groups in total. The van der Waals surface area contributed by atoms with Crippen molar-refractivity contribution in [3.8, 4) is 0 Å². The van der Waals surface area contributed by atoms with Crippen LogP contribution < -0.4 is 10.6 Å². The molecule has 7 nitrogen and oxygen atoms in total. The van der Waals surface area contributed by atoms with Gasteiger partial charge in [0.25, 0.3) is 5.91 Å². The molecule has 41 heavy (non-hydrogen) atoms. The Morgan fingerprint density at radius 2 is 1.44 bits per heavy atom. The predicted octanol–water partition coefficient (Wildman–Crippen LogP) is 7.64. The van der Waals surface area contributed by atoms with E-state index in [1.165, 1.54) is 0 Å². The number of nitrogens with zero attached hydrogens (tertiary/aromatic N) is 1. The first-order valence-electron chi connectivity index (χ1n) is 15.0. The minimum atomic E-state index is -0.879. The van der Waals surface area contributed by atoms with Crippen molar-refractivity contribution in [3.63, 3.8) is 0 Å². The van der Waals surface area contributed by atoms with Gasteiger partial charge in [-0.2, -0.15) is 0 Å². The van der Waals surface area contributed by atoms with E-state index in [4.69, 9.17) is 4.74 Å². The zero-order valence-electron chi connectivity index (χ0n) is 26.6. The van der Waals surface area contributed by atoms with Crippen LogP contribution >= 0.6 is 0 Å². The van der Waals surface area contributed by atoms with Gasteiger partial charge in [0.15, 0.2) is 0 Å². The van der Waals surface area contributed by atoms with E-state index in [9.17, 15) is 14.4 Å². The molecule has 0 saturated carbocycles. The number of hydrogen-bond donors (Lipinski definition) is 2. The largest absolute Gasteiger partial charge is 0.444 e. The fourth-order valence-corrected chi connectivity index (χ4v) is 4.98. The number of rotatable bonds is 13. The number of anilines is 1. The molecular formula is C34H51N3O4. The molecule has 0 spiro atoms. The summed E-state index contributed by atoms with van der Waals surface area (Å²) in [4.78, 5) is 43.2. The van der Waals surface area contributed by atoms with Gasteiger partial charge in [-0.1, -0.05) is 82.9 Å². The van der Waals surface area contributed by atoms with Gasteiger partial charge in [0.05, 0.1) is 0 Å². The third kappa shape index (κ3) is 10.2. The van der Waals surface area contributed by atoms with Crippen LogP contribution in [-0.2, 0) is 14.3 Å². The van der Waals surface area contributed by atoms with Gasteiger partial charge in [0.1, 0.15) is 17.7 Å². The van der Waals surface area contributed by atoms with Gasteiger partial charge >= 0.3 is 6.09 Å². The third-order valence-corrected chi connectivity index (χ3v) is 7.17. The molecule has 0 fully saturated rings. The quantitative estimate of drug-likeness (QED) is 0.244. The number of nitrogens with one attached hydrogen (secondary N) is 2. The van der Waals surface area contributed by atoms with E-state index in [2.05, 4.69) is 17.6 Å². The SMILES string of the molecule is CCCCCCCN(C(=O)C(NC(=O)OC(C)(C)C)C(C)C)C(C(=O)Nc1ccccc1C)c1c(C)cccc1C. The average Bonchev–Trinajstić information content (AvgIpc) is 2.87. The molecule has 0 aliphatic carbocycles. The molecular weight excluding hydrogens is 514 g/mol. The van der Waals surface area contributed by atoms with Gasteiger partial charge in [0.2, 0.25) is 5.91 Å². The number of benzene rings is 2. The van der Waals surface area contributed by atoms with Crippen LogP contribution in [0.2, 0.25) is 0 Å².